The number of hydrogen-bond donors (Lipinski definition) is 0. The van der Waals surface area contributed by atoms with Gasteiger partial charge in [-0.25, -0.2) is 14.5 Å². The van der Waals surface area contributed by atoms with Crippen LogP contribution in [0.1, 0.15) is 23.2 Å². The minimum Gasteiger partial charge on any atom is -0.464 e. The molecule has 0 fully saturated rings. The van der Waals surface area contributed by atoms with E-state index in [1.807, 2.05) is 6.92 Å². The molecule has 0 saturated heterocycles. The van der Waals surface area contributed by atoms with Gasteiger partial charge in [0.1, 0.15) is 11.3 Å². The van der Waals surface area contributed by atoms with Crippen molar-refractivity contribution in [3.63, 3.8) is 0 Å². The Labute approximate surface area is 170 Å². The van der Waals surface area contributed by atoms with Crippen LogP contribution in [0.15, 0.2) is 50.6 Å². The van der Waals surface area contributed by atoms with Crippen LogP contribution in [0, 0.1) is 6.92 Å². The van der Waals surface area contributed by atoms with E-state index in [4.69, 9.17) is 9.26 Å². The van der Waals surface area contributed by atoms with Gasteiger partial charge in [-0.1, -0.05) is 12.1 Å². The minimum absolute atomic E-state index is 0.0850. The molecule has 3 heterocycles. The molecule has 0 unspecified atom stereocenters. The molecule has 1 aromatic carbocycles. The van der Waals surface area contributed by atoms with Gasteiger partial charge in [-0.05, 0) is 37.6 Å². The van der Waals surface area contributed by atoms with E-state index in [0.717, 1.165) is 0 Å². The molecule has 154 valence electrons. The van der Waals surface area contributed by atoms with Crippen LogP contribution in [0.2, 0.25) is 0 Å². The summed E-state index contributed by atoms with van der Waals surface area (Å²) in [7, 11) is 2.83. The fourth-order valence-corrected chi connectivity index (χ4v) is 3.71. The van der Waals surface area contributed by atoms with Crippen molar-refractivity contribution in [2.45, 2.75) is 20.4 Å². The first-order chi connectivity index (χ1) is 14.4. The van der Waals surface area contributed by atoms with Gasteiger partial charge in [0, 0.05) is 19.8 Å². The summed E-state index contributed by atoms with van der Waals surface area (Å²) in [5.41, 5.74) is 1.76. The smallest absolute Gasteiger partial charge is 0.358 e. The second kappa shape index (κ2) is 7.18. The van der Waals surface area contributed by atoms with Crippen molar-refractivity contribution >= 4 is 16.9 Å². The molecule has 0 aliphatic rings. The molecule has 9 heteroatoms. The van der Waals surface area contributed by atoms with E-state index >= 15 is 0 Å². The Hall–Kier alpha value is -3.88. The molecule has 0 aliphatic carbocycles. The van der Waals surface area contributed by atoms with Crippen LogP contribution in [0.3, 0.4) is 0 Å². The third-order valence-electron chi connectivity index (χ3n) is 5.05. The van der Waals surface area contributed by atoms with Gasteiger partial charge in [-0.15, -0.1) is 0 Å². The Balaban J connectivity index is 1.92. The average molecular weight is 408 g/mol. The van der Waals surface area contributed by atoms with E-state index in [-0.39, 0.29) is 16.8 Å². The summed E-state index contributed by atoms with van der Waals surface area (Å²) < 4.78 is 14.5. The maximum atomic E-state index is 13.1. The monoisotopic (exact) mass is 408 g/mol. The quantitative estimate of drug-likeness (QED) is 0.480. The van der Waals surface area contributed by atoms with Gasteiger partial charge < -0.3 is 9.26 Å². The summed E-state index contributed by atoms with van der Waals surface area (Å²) in [6.07, 6.45) is 1.42. The molecule has 0 radical (unpaired) electrons. The van der Waals surface area contributed by atoms with E-state index in [0.29, 0.717) is 40.0 Å². The van der Waals surface area contributed by atoms with E-state index in [2.05, 4.69) is 4.98 Å². The van der Waals surface area contributed by atoms with E-state index in [9.17, 15) is 14.4 Å². The predicted molar refractivity (Wildman–Crippen MR) is 110 cm³/mol. The highest BCUT2D eigenvalue weighted by molar-refractivity contribution is 6.00. The van der Waals surface area contributed by atoms with Crippen molar-refractivity contribution in [3.05, 3.63) is 68.7 Å². The van der Waals surface area contributed by atoms with Crippen LogP contribution in [-0.4, -0.2) is 32.2 Å². The number of ether oxygens (including phenoxy) is 1. The highest BCUT2D eigenvalue weighted by Gasteiger charge is 2.22. The molecule has 9 nitrogen and oxygen atoms in total. The molecule has 4 aromatic rings. The molecule has 0 aliphatic heterocycles. The number of benzene rings is 1. The highest BCUT2D eigenvalue weighted by atomic mass is 16.5. The van der Waals surface area contributed by atoms with Crippen molar-refractivity contribution in [2.24, 2.45) is 7.05 Å². The van der Waals surface area contributed by atoms with Crippen LogP contribution < -0.4 is 11.1 Å². The molecular weight excluding hydrogens is 388 g/mol. The van der Waals surface area contributed by atoms with Gasteiger partial charge in [-0.3, -0.25) is 14.3 Å². The number of pyridine rings is 1. The SMILES string of the molecule is CCn1c2c(C(=O)OC)nccc2c(=O)n1-c1ccc(-c2c(C)on(C)c2=O)cc1. The summed E-state index contributed by atoms with van der Waals surface area (Å²) in [4.78, 5) is 41.7. The third-order valence-corrected chi connectivity index (χ3v) is 5.05. The minimum atomic E-state index is -0.610. The maximum absolute atomic E-state index is 13.1. The lowest BCUT2D eigenvalue weighted by atomic mass is 10.1. The molecule has 0 bridgehead atoms. The maximum Gasteiger partial charge on any atom is 0.358 e. The lowest BCUT2D eigenvalue weighted by Crippen LogP contribution is -2.21. The van der Waals surface area contributed by atoms with E-state index in [1.165, 1.54) is 22.7 Å². The molecular formula is C21H20N4O5. The lowest BCUT2D eigenvalue weighted by Gasteiger charge is -2.12. The molecule has 30 heavy (non-hydrogen) atoms. The first-order valence-corrected chi connectivity index (χ1v) is 9.35. The number of aromatic nitrogens is 4. The first-order valence-electron chi connectivity index (χ1n) is 9.35. The number of hydrogen-bond acceptors (Lipinski definition) is 6. The largest absolute Gasteiger partial charge is 0.464 e. The summed E-state index contributed by atoms with van der Waals surface area (Å²) >= 11 is 0. The molecule has 3 aromatic heterocycles. The fourth-order valence-electron chi connectivity index (χ4n) is 3.71. The molecule has 4 rings (SSSR count). The van der Waals surface area contributed by atoms with Gasteiger partial charge >= 0.3 is 5.97 Å². The van der Waals surface area contributed by atoms with Gasteiger partial charge in [0.25, 0.3) is 11.1 Å². The predicted octanol–water partition coefficient (Wildman–Crippen LogP) is 2.26. The second-order valence-corrected chi connectivity index (χ2v) is 6.75. The zero-order chi connectivity index (χ0) is 21.6. The Bertz CT molecular complexity index is 1390. The summed E-state index contributed by atoms with van der Waals surface area (Å²) in [6, 6.07) is 8.60. The molecule has 0 N–H and O–H groups in total. The number of methoxy groups -OCH3 is 1. The van der Waals surface area contributed by atoms with Crippen LogP contribution >= 0.6 is 0 Å². The van der Waals surface area contributed by atoms with Crippen molar-refractivity contribution in [2.75, 3.05) is 7.11 Å². The normalized spacial score (nSPS) is 11.2. The van der Waals surface area contributed by atoms with Gasteiger partial charge in [0.05, 0.1) is 23.7 Å². The van der Waals surface area contributed by atoms with E-state index in [1.54, 1.807) is 49.0 Å². The van der Waals surface area contributed by atoms with Crippen molar-refractivity contribution in [1.29, 1.82) is 0 Å². The molecule has 0 atom stereocenters. The second-order valence-electron chi connectivity index (χ2n) is 6.75. The Morgan fingerprint density at radius 2 is 1.83 bits per heavy atom. The van der Waals surface area contributed by atoms with Gasteiger partial charge in [0.15, 0.2) is 5.69 Å². The fraction of sp³-hybridized carbons (Fsp3) is 0.238. The number of esters is 1. The molecule has 0 amide bonds. The highest BCUT2D eigenvalue weighted by Crippen LogP contribution is 2.23. The van der Waals surface area contributed by atoms with E-state index < -0.39 is 5.97 Å². The van der Waals surface area contributed by atoms with Crippen LogP contribution in [0.4, 0.5) is 0 Å². The Morgan fingerprint density at radius 1 is 1.13 bits per heavy atom. The number of nitrogens with zero attached hydrogens (tertiary/aromatic N) is 4. The topological polar surface area (TPSA) is 101 Å². The number of aryl methyl sites for hydroxylation is 3. The van der Waals surface area contributed by atoms with Crippen molar-refractivity contribution < 1.29 is 14.1 Å². The third kappa shape index (κ3) is 2.78. The first kappa shape index (κ1) is 19.4. The van der Waals surface area contributed by atoms with Crippen LogP contribution in [-0.2, 0) is 18.3 Å². The summed E-state index contributed by atoms with van der Waals surface area (Å²) in [5, 5.41) is 0.371. The zero-order valence-corrected chi connectivity index (χ0v) is 17.0. The molecule has 0 saturated carbocycles. The van der Waals surface area contributed by atoms with Crippen molar-refractivity contribution in [3.8, 4) is 16.8 Å². The van der Waals surface area contributed by atoms with Gasteiger partial charge in [0.2, 0.25) is 0 Å². The Kier molecular flexibility index (Phi) is 4.65. The number of carbonyl (C=O) groups excluding carboxylic acids is 1. The standard InChI is InChI=1S/C21H20N4O5/c1-5-24-18-15(10-11-22-17(18)21(28)29-4)19(26)25(24)14-8-6-13(7-9-14)16-12(2)30-23(3)20(16)27/h6-11H,5H2,1-4H3. The van der Waals surface area contributed by atoms with Crippen molar-refractivity contribution in [1.82, 2.24) is 19.1 Å². The van der Waals surface area contributed by atoms with Crippen LogP contribution in [0.5, 0.6) is 0 Å². The van der Waals surface area contributed by atoms with Gasteiger partial charge in [-0.2, -0.15) is 4.74 Å². The number of carbonyl (C=O) groups is 1. The zero-order valence-electron chi connectivity index (χ0n) is 17.0. The number of rotatable bonds is 4. The summed E-state index contributed by atoms with van der Waals surface area (Å²) in [6.45, 7) is 4.03. The van der Waals surface area contributed by atoms with Crippen LogP contribution in [0.25, 0.3) is 27.7 Å². The summed E-state index contributed by atoms with van der Waals surface area (Å²) in [5.74, 6) is -0.0922. The number of fused-ring (bicyclic) bond motifs is 1. The lowest BCUT2D eigenvalue weighted by molar-refractivity contribution is 0.0596. The Morgan fingerprint density at radius 3 is 2.40 bits per heavy atom. The molecule has 0 spiro atoms. The average Bonchev–Trinajstić information content (AvgIpc) is 3.19.